The Morgan fingerprint density at radius 1 is 1.06 bits per heavy atom. The van der Waals surface area contributed by atoms with Crippen molar-refractivity contribution in [2.75, 3.05) is 12.8 Å². The second-order valence-corrected chi connectivity index (χ2v) is 8.73. The van der Waals surface area contributed by atoms with E-state index in [0.717, 1.165) is 22.4 Å². The number of aromatic hydroxyl groups is 1. The molecule has 0 saturated carbocycles. The molecule has 0 aliphatic rings. The molecule has 0 bridgehead atoms. The number of halogens is 1. The summed E-state index contributed by atoms with van der Waals surface area (Å²) in [4.78, 5) is 19.9. The molecule has 0 atom stereocenters. The third-order valence-corrected chi connectivity index (χ3v) is 6.43. The Morgan fingerprint density at radius 2 is 1.82 bits per heavy atom. The van der Waals surface area contributed by atoms with Crippen LogP contribution in [-0.2, 0) is 0 Å². The number of thiazole rings is 1. The normalized spacial score (nSPS) is 11.1. The summed E-state index contributed by atoms with van der Waals surface area (Å²) in [5.74, 6) is 0.472. The van der Waals surface area contributed by atoms with Gasteiger partial charge >= 0.3 is 0 Å². The summed E-state index contributed by atoms with van der Waals surface area (Å²) in [5.41, 5.74) is 9.85. The molecule has 0 aliphatic carbocycles. The fourth-order valence-corrected chi connectivity index (χ4v) is 4.65. The van der Waals surface area contributed by atoms with Crippen LogP contribution in [0, 0.1) is 0 Å². The molecular formula is C25H18ClN3O3S. The molecule has 164 valence electrons. The number of aromatic nitrogens is 2. The van der Waals surface area contributed by atoms with Gasteiger partial charge in [-0.3, -0.25) is 4.79 Å². The topological polar surface area (TPSA) is 101 Å². The van der Waals surface area contributed by atoms with Crippen LogP contribution in [0.5, 0.6) is 11.5 Å². The zero-order valence-corrected chi connectivity index (χ0v) is 19.0. The van der Waals surface area contributed by atoms with Gasteiger partial charge in [-0.05, 0) is 35.4 Å². The smallest absolute Gasteiger partial charge is 0.260 e. The lowest BCUT2D eigenvalue weighted by molar-refractivity contribution is 0.415. The molecule has 0 saturated heterocycles. The molecule has 0 unspecified atom stereocenters. The second kappa shape index (κ2) is 8.27. The Morgan fingerprint density at radius 3 is 2.52 bits per heavy atom. The predicted octanol–water partition coefficient (Wildman–Crippen LogP) is 5.94. The van der Waals surface area contributed by atoms with Gasteiger partial charge < -0.3 is 20.6 Å². The molecule has 0 amide bonds. The van der Waals surface area contributed by atoms with Gasteiger partial charge in [0.05, 0.1) is 28.9 Å². The van der Waals surface area contributed by atoms with Crippen LogP contribution >= 0.6 is 22.9 Å². The van der Waals surface area contributed by atoms with Crippen molar-refractivity contribution in [1.82, 2.24) is 9.97 Å². The highest BCUT2D eigenvalue weighted by atomic mass is 35.5. The van der Waals surface area contributed by atoms with E-state index in [1.165, 1.54) is 11.3 Å². The SMILES string of the molecule is COc1cccc(-c2c(O)c3cc(-c4ccc(-c5csc(N)n5)cc4)c(Cl)cc3[nH]c2=O)c1. The highest BCUT2D eigenvalue weighted by Crippen LogP contribution is 2.39. The van der Waals surface area contributed by atoms with Crippen molar-refractivity contribution >= 4 is 39.0 Å². The molecule has 4 N–H and O–H groups in total. The van der Waals surface area contributed by atoms with Gasteiger partial charge in [0.2, 0.25) is 0 Å². The number of hydrogen-bond donors (Lipinski definition) is 3. The molecule has 0 fully saturated rings. The molecule has 5 rings (SSSR count). The van der Waals surface area contributed by atoms with Gasteiger partial charge in [0.15, 0.2) is 5.13 Å². The Labute approximate surface area is 197 Å². The predicted molar refractivity (Wildman–Crippen MR) is 134 cm³/mol. The van der Waals surface area contributed by atoms with E-state index in [1.54, 1.807) is 43.5 Å². The maximum absolute atomic E-state index is 12.8. The van der Waals surface area contributed by atoms with E-state index in [9.17, 15) is 9.90 Å². The first-order valence-corrected chi connectivity index (χ1v) is 11.2. The van der Waals surface area contributed by atoms with Crippen LogP contribution < -0.4 is 16.0 Å². The second-order valence-electron chi connectivity index (χ2n) is 7.44. The van der Waals surface area contributed by atoms with Crippen LogP contribution in [0.25, 0.3) is 44.4 Å². The molecule has 0 radical (unpaired) electrons. The zero-order valence-electron chi connectivity index (χ0n) is 17.4. The Kier molecular flexibility index (Phi) is 5.28. The van der Waals surface area contributed by atoms with Crippen LogP contribution in [0.15, 0.2) is 70.8 Å². The van der Waals surface area contributed by atoms with E-state index in [0.29, 0.717) is 32.4 Å². The monoisotopic (exact) mass is 475 g/mol. The lowest BCUT2D eigenvalue weighted by Crippen LogP contribution is -2.09. The molecule has 2 aromatic heterocycles. The number of nitrogen functional groups attached to an aromatic ring is 1. The molecule has 33 heavy (non-hydrogen) atoms. The Balaban J connectivity index is 1.63. The van der Waals surface area contributed by atoms with E-state index in [4.69, 9.17) is 22.1 Å². The number of H-pyrrole nitrogens is 1. The van der Waals surface area contributed by atoms with E-state index < -0.39 is 5.56 Å². The van der Waals surface area contributed by atoms with E-state index in [2.05, 4.69) is 9.97 Å². The number of rotatable bonds is 4. The summed E-state index contributed by atoms with van der Waals surface area (Å²) in [7, 11) is 1.55. The number of nitrogens with two attached hydrogens (primary N) is 1. The van der Waals surface area contributed by atoms with Crippen LogP contribution in [-0.4, -0.2) is 22.2 Å². The number of ether oxygens (including phenoxy) is 1. The maximum atomic E-state index is 12.8. The Hall–Kier alpha value is -3.81. The van der Waals surface area contributed by atoms with Crippen molar-refractivity contribution < 1.29 is 9.84 Å². The maximum Gasteiger partial charge on any atom is 0.260 e. The number of anilines is 1. The van der Waals surface area contributed by atoms with Crippen LogP contribution in [0.1, 0.15) is 0 Å². The first-order chi connectivity index (χ1) is 15.9. The van der Waals surface area contributed by atoms with Crippen molar-refractivity contribution in [3.8, 4) is 45.0 Å². The van der Waals surface area contributed by atoms with Crippen molar-refractivity contribution in [1.29, 1.82) is 0 Å². The van der Waals surface area contributed by atoms with Gasteiger partial charge in [-0.25, -0.2) is 4.98 Å². The lowest BCUT2D eigenvalue weighted by Gasteiger charge is -2.12. The van der Waals surface area contributed by atoms with Crippen LogP contribution in [0.2, 0.25) is 5.02 Å². The summed E-state index contributed by atoms with van der Waals surface area (Å²) >= 11 is 7.94. The van der Waals surface area contributed by atoms with Crippen LogP contribution in [0.4, 0.5) is 5.13 Å². The minimum Gasteiger partial charge on any atom is -0.506 e. The molecule has 8 heteroatoms. The van der Waals surface area contributed by atoms with Crippen LogP contribution in [0.3, 0.4) is 0 Å². The molecular weight excluding hydrogens is 458 g/mol. The van der Waals surface area contributed by atoms with E-state index >= 15 is 0 Å². The quantitative estimate of drug-likeness (QED) is 0.299. The standard InChI is InChI=1S/C25H18ClN3O3S/c1-32-16-4-2-3-15(9-16)22-23(30)18-10-17(19(26)11-20(18)28-24(22)31)13-5-7-14(8-6-13)21-12-33-25(27)29-21/h2-12H,1H3,(H2,27,29)(H2,28,30,31). The minimum atomic E-state index is -0.413. The fraction of sp³-hybridized carbons (Fsp3) is 0.0400. The first-order valence-electron chi connectivity index (χ1n) is 9.99. The largest absolute Gasteiger partial charge is 0.506 e. The van der Waals surface area contributed by atoms with Gasteiger partial charge in [0, 0.05) is 21.9 Å². The third kappa shape index (κ3) is 3.82. The number of nitrogens with zero attached hydrogens (tertiary/aromatic N) is 1. The molecule has 6 nitrogen and oxygen atoms in total. The number of hydrogen-bond acceptors (Lipinski definition) is 6. The average molecular weight is 476 g/mol. The number of nitrogens with one attached hydrogen (secondary N) is 1. The Bertz CT molecular complexity index is 1560. The fourth-order valence-electron chi connectivity index (χ4n) is 3.81. The zero-order chi connectivity index (χ0) is 23.1. The molecule has 0 spiro atoms. The van der Waals surface area contributed by atoms with Crippen molar-refractivity contribution in [2.45, 2.75) is 0 Å². The summed E-state index contributed by atoms with van der Waals surface area (Å²) in [6, 6.07) is 18.2. The number of benzene rings is 3. The number of pyridine rings is 1. The number of aromatic amines is 1. The van der Waals surface area contributed by atoms with Crippen molar-refractivity contribution in [3.63, 3.8) is 0 Å². The molecule has 5 aromatic rings. The van der Waals surface area contributed by atoms with Gasteiger partial charge in [0.25, 0.3) is 5.56 Å². The van der Waals surface area contributed by atoms with Gasteiger partial charge in [-0.2, -0.15) is 0 Å². The van der Waals surface area contributed by atoms with Gasteiger partial charge in [-0.15, -0.1) is 11.3 Å². The number of fused-ring (bicyclic) bond motifs is 1. The first kappa shape index (κ1) is 21.1. The lowest BCUT2D eigenvalue weighted by atomic mass is 9.98. The number of methoxy groups -OCH3 is 1. The summed E-state index contributed by atoms with van der Waals surface area (Å²) in [6.45, 7) is 0. The molecule has 0 aliphatic heterocycles. The van der Waals surface area contributed by atoms with E-state index in [1.807, 2.05) is 29.6 Å². The minimum absolute atomic E-state index is 0.116. The highest BCUT2D eigenvalue weighted by Gasteiger charge is 2.17. The summed E-state index contributed by atoms with van der Waals surface area (Å²) < 4.78 is 5.26. The van der Waals surface area contributed by atoms with Crippen molar-refractivity contribution in [2.24, 2.45) is 0 Å². The van der Waals surface area contributed by atoms with Gasteiger partial charge in [0.1, 0.15) is 11.5 Å². The third-order valence-electron chi connectivity index (χ3n) is 5.45. The summed E-state index contributed by atoms with van der Waals surface area (Å²) in [5, 5.41) is 14.4. The average Bonchev–Trinajstić information content (AvgIpc) is 3.25. The highest BCUT2D eigenvalue weighted by molar-refractivity contribution is 7.13. The van der Waals surface area contributed by atoms with Crippen molar-refractivity contribution in [3.05, 3.63) is 81.4 Å². The molecule has 3 aromatic carbocycles. The molecule has 2 heterocycles. The van der Waals surface area contributed by atoms with Gasteiger partial charge in [-0.1, -0.05) is 48.0 Å². The summed E-state index contributed by atoms with van der Waals surface area (Å²) in [6.07, 6.45) is 0. The van der Waals surface area contributed by atoms with E-state index in [-0.39, 0.29) is 11.3 Å².